The molecule has 0 aliphatic rings. The van der Waals surface area contributed by atoms with E-state index in [1.54, 1.807) is 41.5 Å². The van der Waals surface area contributed by atoms with E-state index in [4.69, 9.17) is 9.47 Å². The van der Waals surface area contributed by atoms with Crippen LogP contribution in [0.1, 0.15) is 74.1 Å². The Morgan fingerprint density at radius 1 is 0.810 bits per heavy atom. The summed E-state index contributed by atoms with van der Waals surface area (Å²) in [5.41, 5.74) is -1.28. The van der Waals surface area contributed by atoms with Gasteiger partial charge in [0, 0.05) is 6.54 Å². The standard InChI is InChI=1S/C16H31NO4/c1-8-9-10-11-12-17(13(18)20-15(2,3)4)14(19)21-16(5,6)7/h8-12H2,1-7H3. The van der Waals surface area contributed by atoms with Gasteiger partial charge in [-0.2, -0.15) is 0 Å². The number of nitrogens with zero attached hydrogens (tertiary/aromatic N) is 1. The fourth-order valence-electron chi connectivity index (χ4n) is 1.59. The lowest BCUT2D eigenvalue weighted by Gasteiger charge is -2.28. The molecule has 0 spiro atoms. The van der Waals surface area contributed by atoms with Crippen LogP contribution in [0.25, 0.3) is 0 Å². The summed E-state index contributed by atoms with van der Waals surface area (Å²) in [7, 11) is 0. The predicted octanol–water partition coefficient (Wildman–Crippen LogP) is 4.74. The van der Waals surface area contributed by atoms with Crippen LogP contribution in [-0.4, -0.2) is 34.8 Å². The third-order valence-electron chi connectivity index (χ3n) is 2.46. The van der Waals surface area contributed by atoms with Gasteiger partial charge in [-0.25, -0.2) is 14.5 Å². The Labute approximate surface area is 129 Å². The summed E-state index contributed by atoms with van der Waals surface area (Å²) in [4.78, 5) is 25.4. The van der Waals surface area contributed by atoms with Crippen molar-refractivity contribution < 1.29 is 19.1 Å². The van der Waals surface area contributed by atoms with E-state index >= 15 is 0 Å². The van der Waals surface area contributed by atoms with E-state index in [0.717, 1.165) is 30.6 Å². The Balaban J connectivity index is 4.75. The highest BCUT2D eigenvalue weighted by atomic mass is 16.6. The lowest BCUT2D eigenvalue weighted by molar-refractivity contribution is 0.00119. The van der Waals surface area contributed by atoms with Gasteiger partial charge in [0.1, 0.15) is 11.2 Å². The van der Waals surface area contributed by atoms with Crippen molar-refractivity contribution in [1.29, 1.82) is 0 Å². The van der Waals surface area contributed by atoms with Crippen LogP contribution in [-0.2, 0) is 9.47 Å². The highest BCUT2D eigenvalue weighted by molar-refractivity contribution is 5.88. The second-order valence-electron chi connectivity index (χ2n) is 7.17. The Morgan fingerprint density at radius 3 is 1.57 bits per heavy atom. The first-order valence-corrected chi connectivity index (χ1v) is 7.70. The molecule has 21 heavy (non-hydrogen) atoms. The van der Waals surface area contributed by atoms with Crippen LogP contribution >= 0.6 is 0 Å². The van der Waals surface area contributed by atoms with Gasteiger partial charge in [0.05, 0.1) is 0 Å². The van der Waals surface area contributed by atoms with E-state index in [1.807, 2.05) is 0 Å². The first-order chi connectivity index (χ1) is 9.46. The van der Waals surface area contributed by atoms with Gasteiger partial charge >= 0.3 is 12.2 Å². The van der Waals surface area contributed by atoms with Crippen LogP contribution < -0.4 is 0 Å². The molecular weight excluding hydrogens is 270 g/mol. The Kier molecular flexibility index (Phi) is 7.75. The molecule has 0 saturated carbocycles. The number of carbonyl (C=O) groups is 2. The summed E-state index contributed by atoms with van der Waals surface area (Å²) in [5.74, 6) is 0. The van der Waals surface area contributed by atoms with Crippen molar-refractivity contribution in [3.8, 4) is 0 Å². The molecule has 0 aromatic rings. The Morgan fingerprint density at radius 2 is 1.24 bits per heavy atom. The normalized spacial score (nSPS) is 12.0. The average molecular weight is 301 g/mol. The predicted molar refractivity (Wildman–Crippen MR) is 83.3 cm³/mol. The van der Waals surface area contributed by atoms with Crippen molar-refractivity contribution in [3.05, 3.63) is 0 Å². The van der Waals surface area contributed by atoms with Gasteiger partial charge in [0.25, 0.3) is 0 Å². The molecule has 0 aromatic heterocycles. The molecule has 124 valence electrons. The van der Waals surface area contributed by atoms with Crippen LogP contribution in [0.4, 0.5) is 9.59 Å². The van der Waals surface area contributed by atoms with E-state index in [-0.39, 0.29) is 0 Å². The zero-order valence-corrected chi connectivity index (χ0v) is 14.6. The average Bonchev–Trinajstić information content (AvgIpc) is 2.23. The van der Waals surface area contributed by atoms with Crippen molar-refractivity contribution in [2.45, 2.75) is 85.4 Å². The molecule has 0 saturated heterocycles. The molecule has 0 aromatic carbocycles. The monoisotopic (exact) mass is 301 g/mol. The van der Waals surface area contributed by atoms with Gasteiger partial charge in [0.2, 0.25) is 0 Å². The van der Waals surface area contributed by atoms with E-state index in [2.05, 4.69) is 6.92 Å². The van der Waals surface area contributed by atoms with Gasteiger partial charge < -0.3 is 9.47 Å². The van der Waals surface area contributed by atoms with E-state index < -0.39 is 23.4 Å². The zero-order chi connectivity index (χ0) is 16.7. The summed E-state index contributed by atoms with van der Waals surface area (Å²) < 4.78 is 10.6. The van der Waals surface area contributed by atoms with Crippen molar-refractivity contribution in [2.75, 3.05) is 6.54 Å². The van der Waals surface area contributed by atoms with Crippen LogP contribution in [0.5, 0.6) is 0 Å². The number of carbonyl (C=O) groups excluding carboxylic acids is 2. The minimum absolute atomic E-state index is 0.323. The molecule has 0 N–H and O–H groups in total. The molecule has 0 aliphatic heterocycles. The fourth-order valence-corrected chi connectivity index (χ4v) is 1.59. The fraction of sp³-hybridized carbons (Fsp3) is 0.875. The SMILES string of the molecule is CCCCCCN(C(=O)OC(C)(C)C)C(=O)OC(C)(C)C. The highest BCUT2D eigenvalue weighted by Crippen LogP contribution is 2.15. The quantitative estimate of drug-likeness (QED) is 0.688. The van der Waals surface area contributed by atoms with E-state index in [1.165, 1.54) is 0 Å². The lowest BCUT2D eigenvalue weighted by atomic mass is 10.2. The zero-order valence-electron chi connectivity index (χ0n) is 14.6. The molecule has 2 amide bonds. The number of amides is 2. The molecule has 0 aliphatic carbocycles. The second-order valence-corrected chi connectivity index (χ2v) is 7.17. The van der Waals surface area contributed by atoms with Gasteiger partial charge in [-0.1, -0.05) is 26.2 Å². The largest absolute Gasteiger partial charge is 0.443 e. The maximum Gasteiger partial charge on any atom is 0.419 e. The first kappa shape index (κ1) is 19.7. The maximum atomic E-state index is 12.2. The number of imide groups is 1. The molecular formula is C16H31NO4. The molecule has 0 atom stereocenters. The number of unbranched alkanes of at least 4 members (excludes halogenated alkanes) is 3. The van der Waals surface area contributed by atoms with Gasteiger partial charge in [0.15, 0.2) is 0 Å². The van der Waals surface area contributed by atoms with Crippen molar-refractivity contribution in [1.82, 2.24) is 4.90 Å². The van der Waals surface area contributed by atoms with Crippen LogP contribution in [0, 0.1) is 0 Å². The summed E-state index contributed by atoms with van der Waals surface area (Å²) in [6, 6.07) is 0. The third kappa shape index (κ3) is 10.2. The van der Waals surface area contributed by atoms with Crippen molar-refractivity contribution in [3.63, 3.8) is 0 Å². The molecule has 0 rings (SSSR count). The second kappa shape index (κ2) is 8.25. The molecule has 0 bridgehead atoms. The number of hydrogen-bond donors (Lipinski definition) is 0. The topological polar surface area (TPSA) is 55.8 Å². The lowest BCUT2D eigenvalue weighted by Crippen LogP contribution is -2.44. The van der Waals surface area contributed by atoms with E-state index in [9.17, 15) is 9.59 Å². The summed E-state index contributed by atoms with van der Waals surface area (Å²) in [6.45, 7) is 13.1. The van der Waals surface area contributed by atoms with E-state index in [0.29, 0.717) is 6.54 Å². The molecule has 0 unspecified atom stereocenters. The number of rotatable bonds is 5. The summed E-state index contributed by atoms with van der Waals surface area (Å²) in [6.07, 6.45) is 2.61. The first-order valence-electron chi connectivity index (χ1n) is 7.70. The summed E-state index contributed by atoms with van der Waals surface area (Å²) >= 11 is 0. The van der Waals surface area contributed by atoms with Crippen LogP contribution in [0.2, 0.25) is 0 Å². The van der Waals surface area contributed by atoms with Crippen LogP contribution in [0.3, 0.4) is 0 Å². The number of ether oxygens (including phenoxy) is 2. The maximum absolute atomic E-state index is 12.2. The van der Waals surface area contributed by atoms with Crippen molar-refractivity contribution >= 4 is 12.2 Å². The van der Waals surface area contributed by atoms with Gasteiger partial charge in [-0.05, 0) is 48.0 Å². The number of hydrogen-bond acceptors (Lipinski definition) is 4. The molecule has 5 heteroatoms. The van der Waals surface area contributed by atoms with Crippen molar-refractivity contribution in [2.24, 2.45) is 0 Å². The van der Waals surface area contributed by atoms with Gasteiger partial charge in [-0.3, -0.25) is 0 Å². The minimum Gasteiger partial charge on any atom is -0.443 e. The minimum atomic E-state index is -0.645. The highest BCUT2D eigenvalue weighted by Gasteiger charge is 2.30. The third-order valence-corrected chi connectivity index (χ3v) is 2.46. The molecule has 0 radical (unpaired) electrons. The summed E-state index contributed by atoms with van der Waals surface area (Å²) in [5, 5.41) is 0. The van der Waals surface area contributed by atoms with Crippen LogP contribution in [0.15, 0.2) is 0 Å². The smallest absolute Gasteiger partial charge is 0.419 e. The van der Waals surface area contributed by atoms with Gasteiger partial charge in [-0.15, -0.1) is 0 Å². The molecule has 0 fully saturated rings. The molecule has 5 nitrogen and oxygen atoms in total. The Bertz CT molecular complexity index is 311. The molecule has 0 heterocycles. The Hall–Kier alpha value is -1.26.